The highest BCUT2D eigenvalue weighted by molar-refractivity contribution is 7.90. The number of benzene rings is 1. The average molecular weight is 252 g/mol. The lowest BCUT2D eigenvalue weighted by atomic mass is 10.2. The first-order valence-corrected chi connectivity index (χ1v) is 6.85. The number of hydrogen-bond donors (Lipinski definition) is 1. The van der Waals surface area contributed by atoms with Gasteiger partial charge in [0.2, 0.25) is 5.89 Å². The summed E-state index contributed by atoms with van der Waals surface area (Å²) in [7, 11) is -3.17. The molecule has 0 radical (unpaired) electrons. The van der Waals surface area contributed by atoms with Crippen molar-refractivity contribution >= 4 is 9.84 Å². The molecule has 0 amide bonds. The predicted molar refractivity (Wildman–Crippen MR) is 62.9 cm³/mol. The molecule has 1 aromatic carbocycles. The molecular weight excluding hydrogens is 240 g/mol. The molecule has 0 unspecified atom stereocenters. The fraction of sp³-hybridized carbons (Fsp3) is 0.182. The van der Waals surface area contributed by atoms with Gasteiger partial charge in [-0.2, -0.15) is 0 Å². The minimum absolute atomic E-state index is 0.238. The van der Waals surface area contributed by atoms with Crippen LogP contribution in [0.1, 0.15) is 5.89 Å². The average Bonchev–Trinajstić information content (AvgIpc) is 2.76. The van der Waals surface area contributed by atoms with Crippen LogP contribution < -0.4 is 5.73 Å². The lowest BCUT2D eigenvalue weighted by molar-refractivity contribution is 0.509. The van der Waals surface area contributed by atoms with E-state index in [-0.39, 0.29) is 11.4 Å². The Balaban J connectivity index is 2.35. The van der Waals surface area contributed by atoms with Crippen molar-refractivity contribution in [2.24, 2.45) is 5.73 Å². The first-order chi connectivity index (χ1) is 8.00. The molecule has 0 saturated heterocycles. The predicted octanol–water partition coefficient (Wildman–Crippen LogP) is 1.20. The zero-order valence-electron chi connectivity index (χ0n) is 9.25. The van der Waals surface area contributed by atoms with E-state index in [0.717, 1.165) is 5.56 Å². The number of hydrogen-bond acceptors (Lipinski definition) is 5. The first kappa shape index (κ1) is 11.8. The van der Waals surface area contributed by atoms with E-state index in [1.54, 1.807) is 18.3 Å². The summed E-state index contributed by atoms with van der Waals surface area (Å²) in [6.07, 6.45) is 2.74. The van der Waals surface area contributed by atoms with E-state index in [2.05, 4.69) is 4.98 Å². The summed E-state index contributed by atoms with van der Waals surface area (Å²) in [5.74, 6) is 1.03. The van der Waals surface area contributed by atoms with Crippen molar-refractivity contribution in [3.63, 3.8) is 0 Å². The van der Waals surface area contributed by atoms with Crippen molar-refractivity contribution in [1.82, 2.24) is 4.98 Å². The van der Waals surface area contributed by atoms with Crippen LogP contribution in [0, 0.1) is 0 Å². The van der Waals surface area contributed by atoms with Gasteiger partial charge in [0, 0.05) is 11.8 Å². The monoisotopic (exact) mass is 252 g/mol. The lowest BCUT2D eigenvalue weighted by Gasteiger charge is -1.99. The maximum absolute atomic E-state index is 11.3. The third-order valence-corrected chi connectivity index (χ3v) is 3.42. The molecule has 0 aliphatic carbocycles. The quantitative estimate of drug-likeness (QED) is 0.887. The molecule has 2 rings (SSSR count). The molecule has 6 heteroatoms. The van der Waals surface area contributed by atoms with Gasteiger partial charge in [-0.25, -0.2) is 13.4 Å². The van der Waals surface area contributed by atoms with Crippen LogP contribution in [0.4, 0.5) is 0 Å². The van der Waals surface area contributed by atoms with Crippen LogP contribution in [0.25, 0.3) is 11.3 Å². The van der Waals surface area contributed by atoms with Gasteiger partial charge in [0.25, 0.3) is 0 Å². The summed E-state index contributed by atoms with van der Waals surface area (Å²) in [4.78, 5) is 4.25. The third kappa shape index (κ3) is 2.54. The molecule has 0 saturated carbocycles. The minimum atomic E-state index is -3.17. The molecule has 0 fully saturated rings. The van der Waals surface area contributed by atoms with E-state index in [9.17, 15) is 8.42 Å². The summed E-state index contributed by atoms with van der Waals surface area (Å²) < 4.78 is 27.9. The van der Waals surface area contributed by atoms with Gasteiger partial charge in [-0.3, -0.25) is 0 Å². The molecule has 0 bridgehead atoms. The van der Waals surface area contributed by atoms with Gasteiger partial charge in [0.05, 0.1) is 17.6 Å². The molecule has 2 aromatic rings. The Kier molecular flexibility index (Phi) is 2.99. The Labute approximate surface area is 99.2 Å². The Hall–Kier alpha value is -1.66. The zero-order valence-corrected chi connectivity index (χ0v) is 10.1. The van der Waals surface area contributed by atoms with Gasteiger partial charge >= 0.3 is 0 Å². The first-order valence-electron chi connectivity index (χ1n) is 4.96. The van der Waals surface area contributed by atoms with Crippen LogP contribution >= 0.6 is 0 Å². The molecule has 1 aromatic heterocycles. The summed E-state index contributed by atoms with van der Waals surface area (Å²) in [6.45, 7) is 0.238. The number of aromatic nitrogens is 1. The third-order valence-electron chi connectivity index (χ3n) is 2.30. The standard InChI is InChI=1S/C11H12N2O3S/c1-17(14,15)9-4-2-8(3-5-9)10-7-13-11(6-12)16-10/h2-5,7H,6,12H2,1H3. The highest BCUT2D eigenvalue weighted by Crippen LogP contribution is 2.22. The van der Waals surface area contributed by atoms with Crippen LogP contribution in [-0.2, 0) is 16.4 Å². The molecule has 0 atom stereocenters. The van der Waals surface area contributed by atoms with E-state index in [4.69, 9.17) is 10.2 Å². The summed E-state index contributed by atoms with van der Waals surface area (Å²) in [5, 5.41) is 0. The van der Waals surface area contributed by atoms with Gasteiger partial charge in [-0.05, 0) is 24.3 Å². The van der Waals surface area contributed by atoms with Crippen molar-refractivity contribution in [2.45, 2.75) is 11.4 Å². The van der Waals surface area contributed by atoms with Gasteiger partial charge in [-0.1, -0.05) is 0 Å². The summed E-state index contributed by atoms with van der Waals surface area (Å²) in [6, 6.07) is 6.43. The van der Waals surface area contributed by atoms with Crippen LogP contribution in [0.5, 0.6) is 0 Å². The van der Waals surface area contributed by atoms with Gasteiger partial charge < -0.3 is 10.2 Å². The number of oxazole rings is 1. The van der Waals surface area contributed by atoms with E-state index >= 15 is 0 Å². The molecule has 17 heavy (non-hydrogen) atoms. The Bertz CT molecular complexity index is 614. The normalized spacial score (nSPS) is 11.6. The SMILES string of the molecule is CS(=O)(=O)c1ccc(-c2cnc(CN)o2)cc1. The number of nitrogens with two attached hydrogens (primary N) is 1. The van der Waals surface area contributed by atoms with Crippen molar-refractivity contribution in [2.75, 3.05) is 6.26 Å². The second-order valence-corrected chi connectivity index (χ2v) is 5.63. The van der Waals surface area contributed by atoms with Crippen molar-refractivity contribution in [3.05, 3.63) is 36.4 Å². The van der Waals surface area contributed by atoms with Gasteiger partial charge in [0.1, 0.15) is 0 Å². The molecule has 5 nitrogen and oxygen atoms in total. The Morgan fingerprint density at radius 2 is 1.94 bits per heavy atom. The van der Waals surface area contributed by atoms with Crippen LogP contribution in [0.15, 0.2) is 39.8 Å². The molecule has 0 aliphatic heterocycles. The van der Waals surface area contributed by atoms with Crippen LogP contribution in [-0.4, -0.2) is 19.7 Å². The lowest BCUT2D eigenvalue weighted by Crippen LogP contribution is -1.96. The number of rotatable bonds is 3. The van der Waals surface area contributed by atoms with Gasteiger partial charge in [0.15, 0.2) is 15.6 Å². The van der Waals surface area contributed by atoms with E-state index < -0.39 is 9.84 Å². The zero-order chi connectivity index (χ0) is 12.5. The van der Waals surface area contributed by atoms with Crippen LogP contribution in [0.2, 0.25) is 0 Å². The fourth-order valence-electron chi connectivity index (χ4n) is 1.40. The Morgan fingerprint density at radius 3 is 2.41 bits per heavy atom. The maximum atomic E-state index is 11.3. The molecular formula is C11H12N2O3S. The van der Waals surface area contributed by atoms with Crippen molar-refractivity contribution in [3.8, 4) is 11.3 Å². The largest absolute Gasteiger partial charge is 0.439 e. The summed E-state index contributed by atoms with van der Waals surface area (Å²) in [5.41, 5.74) is 6.16. The van der Waals surface area contributed by atoms with Gasteiger partial charge in [-0.15, -0.1) is 0 Å². The fourth-order valence-corrected chi connectivity index (χ4v) is 2.03. The molecule has 0 aliphatic rings. The van der Waals surface area contributed by atoms with E-state index in [1.165, 1.54) is 18.4 Å². The molecule has 90 valence electrons. The maximum Gasteiger partial charge on any atom is 0.208 e. The molecule has 2 N–H and O–H groups in total. The second-order valence-electron chi connectivity index (χ2n) is 3.62. The minimum Gasteiger partial charge on any atom is -0.439 e. The highest BCUT2D eigenvalue weighted by Gasteiger charge is 2.09. The Morgan fingerprint density at radius 1 is 1.29 bits per heavy atom. The molecule has 1 heterocycles. The van der Waals surface area contributed by atoms with E-state index in [0.29, 0.717) is 11.7 Å². The van der Waals surface area contributed by atoms with Crippen LogP contribution in [0.3, 0.4) is 0 Å². The highest BCUT2D eigenvalue weighted by atomic mass is 32.2. The second kappa shape index (κ2) is 4.31. The number of nitrogens with zero attached hydrogens (tertiary/aromatic N) is 1. The van der Waals surface area contributed by atoms with Crippen molar-refractivity contribution < 1.29 is 12.8 Å². The smallest absolute Gasteiger partial charge is 0.208 e. The number of sulfone groups is 1. The summed E-state index contributed by atoms with van der Waals surface area (Å²) >= 11 is 0. The van der Waals surface area contributed by atoms with Crippen molar-refractivity contribution in [1.29, 1.82) is 0 Å². The molecule has 0 spiro atoms. The van der Waals surface area contributed by atoms with E-state index in [1.807, 2.05) is 0 Å². The topological polar surface area (TPSA) is 86.2 Å².